The molecule has 26 heavy (non-hydrogen) atoms. The monoisotopic (exact) mass is 376 g/mol. The van der Waals surface area contributed by atoms with E-state index < -0.39 is 42.2 Å². The molecule has 3 rings (SSSR count). The van der Waals surface area contributed by atoms with E-state index in [1.807, 2.05) is 0 Å². The first-order chi connectivity index (χ1) is 12.0. The molecule has 1 aromatic rings. The normalized spacial score (nSPS) is 26.7. The molecule has 1 fully saturated rings. The highest BCUT2D eigenvalue weighted by Crippen LogP contribution is 2.45. The highest BCUT2D eigenvalue weighted by atomic mass is 19.4. The average molecular weight is 376 g/mol. The van der Waals surface area contributed by atoms with Crippen LogP contribution in [0, 0.1) is 5.92 Å². The molecule has 1 aliphatic heterocycles. The van der Waals surface area contributed by atoms with Gasteiger partial charge in [0.05, 0.1) is 12.4 Å². The smallest absolute Gasteiger partial charge is 0.385 e. The number of nitrogens with two attached hydrogens (primary N) is 2. The van der Waals surface area contributed by atoms with E-state index in [4.69, 9.17) is 11.5 Å². The highest BCUT2D eigenvalue weighted by molar-refractivity contribution is 5.93. The summed E-state index contributed by atoms with van der Waals surface area (Å²) in [5.41, 5.74) is 8.60. The lowest BCUT2D eigenvalue weighted by molar-refractivity contribution is -0.141. The minimum atomic E-state index is -4.71. The summed E-state index contributed by atoms with van der Waals surface area (Å²) in [6.45, 7) is 0. The van der Waals surface area contributed by atoms with Crippen LogP contribution < -0.4 is 16.8 Å². The van der Waals surface area contributed by atoms with Crippen LogP contribution in [-0.2, 0) is 11.8 Å². The van der Waals surface area contributed by atoms with E-state index in [0.717, 1.165) is 6.20 Å². The second-order valence-electron chi connectivity index (χ2n) is 6.45. The number of alkyl halides is 5. The number of rotatable bonds is 2. The molecule has 1 unspecified atom stereocenters. The number of hydrogen-bond acceptors (Lipinski definition) is 6. The van der Waals surface area contributed by atoms with Crippen LogP contribution in [0.4, 0.5) is 22.0 Å². The van der Waals surface area contributed by atoms with Crippen molar-refractivity contribution in [2.75, 3.05) is 0 Å². The number of halogens is 5. The molecule has 142 valence electrons. The molecular formula is C15H17F5N6. The lowest BCUT2D eigenvalue weighted by atomic mass is 9.76. The minimum absolute atomic E-state index is 0.0159. The first-order valence-electron chi connectivity index (χ1n) is 7.90. The Kier molecular flexibility index (Phi) is 4.27. The average Bonchev–Trinajstić information content (AvgIpc) is 2.53. The van der Waals surface area contributed by atoms with Crippen molar-refractivity contribution in [1.29, 1.82) is 0 Å². The van der Waals surface area contributed by atoms with Crippen LogP contribution >= 0.6 is 0 Å². The first-order valence-corrected chi connectivity index (χ1v) is 7.90. The van der Waals surface area contributed by atoms with E-state index in [2.05, 4.69) is 20.3 Å². The van der Waals surface area contributed by atoms with Gasteiger partial charge in [-0.2, -0.15) is 13.2 Å². The molecule has 0 bridgehead atoms. The molecule has 0 saturated heterocycles. The maximum atomic E-state index is 13.6. The quantitative estimate of drug-likeness (QED) is 0.687. The van der Waals surface area contributed by atoms with E-state index >= 15 is 0 Å². The summed E-state index contributed by atoms with van der Waals surface area (Å²) in [4.78, 5) is 11.5. The predicted molar refractivity (Wildman–Crippen MR) is 82.6 cm³/mol. The van der Waals surface area contributed by atoms with Gasteiger partial charge in [-0.1, -0.05) is 0 Å². The Labute approximate surface area is 145 Å². The molecule has 1 aliphatic carbocycles. The van der Waals surface area contributed by atoms with E-state index in [9.17, 15) is 22.0 Å². The van der Waals surface area contributed by atoms with Crippen LogP contribution in [0.5, 0.6) is 0 Å². The molecule has 0 spiro atoms. The summed E-state index contributed by atoms with van der Waals surface area (Å²) in [6, 6.07) is 0. The van der Waals surface area contributed by atoms with E-state index in [-0.39, 0.29) is 30.2 Å². The number of hydrogen-bond donors (Lipinski definition) is 3. The standard InChI is InChI=1S/C15H17F5N6/c16-13(17)3-1-8(2-4-13)14(25-11(21)5-12(22)26-14)9-6-23-7-10(24-9)15(18,19)20/h5-8,25H,1-4,21H2,(H2,22,26). The van der Waals surface area contributed by atoms with Gasteiger partial charge in [0.2, 0.25) is 5.92 Å². The minimum Gasteiger partial charge on any atom is -0.385 e. The van der Waals surface area contributed by atoms with Crippen molar-refractivity contribution in [3.63, 3.8) is 0 Å². The van der Waals surface area contributed by atoms with Crippen LogP contribution in [0.25, 0.3) is 0 Å². The fourth-order valence-corrected chi connectivity index (χ4v) is 3.35. The Bertz CT molecular complexity index is 749. The molecule has 1 aromatic heterocycles. The zero-order valence-electron chi connectivity index (χ0n) is 13.5. The predicted octanol–water partition coefficient (Wildman–Crippen LogP) is 2.23. The zero-order valence-corrected chi connectivity index (χ0v) is 13.5. The fraction of sp³-hybridized carbons (Fsp3) is 0.533. The van der Waals surface area contributed by atoms with E-state index in [1.165, 1.54) is 6.08 Å². The highest BCUT2D eigenvalue weighted by Gasteiger charge is 2.49. The topological polar surface area (TPSA) is 102 Å². The van der Waals surface area contributed by atoms with Crippen LogP contribution in [0.15, 0.2) is 29.3 Å². The molecule has 2 heterocycles. The summed E-state index contributed by atoms with van der Waals surface area (Å²) in [5, 5.41) is 2.81. The summed E-state index contributed by atoms with van der Waals surface area (Å²) < 4.78 is 66.2. The number of amidine groups is 1. The van der Waals surface area contributed by atoms with Crippen molar-refractivity contribution in [2.45, 2.75) is 43.4 Å². The molecule has 1 saturated carbocycles. The van der Waals surface area contributed by atoms with Gasteiger partial charge >= 0.3 is 6.18 Å². The van der Waals surface area contributed by atoms with Crippen molar-refractivity contribution >= 4 is 5.84 Å². The number of aromatic nitrogens is 2. The van der Waals surface area contributed by atoms with Gasteiger partial charge < -0.3 is 16.8 Å². The van der Waals surface area contributed by atoms with Gasteiger partial charge in [-0.25, -0.2) is 18.8 Å². The van der Waals surface area contributed by atoms with E-state index in [1.54, 1.807) is 0 Å². The van der Waals surface area contributed by atoms with Crippen LogP contribution in [-0.4, -0.2) is 21.7 Å². The van der Waals surface area contributed by atoms with E-state index in [0.29, 0.717) is 6.20 Å². The van der Waals surface area contributed by atoms with Crippen molar-refractivity contribution in [1.82, 2.24) is 15.3 Å². The summed E-state index contributed by atoms with van der Waals surface area (Å²) >= 11 is 0. The zero-order chi connectivity index (χ0) is 19.2. The third-order valence-corrected chi connectivity index (χ3v) is 4.57. The second kappa shape index (κ2) is 6.06. The largest absolute Gasteiger partial charge is 0.434 e. The second-order valence-corrected chi connectivity index (χ2v) is 6.45. The molecule has 2 aliphatic rings. The van der Waals surface area contributed by atoms with Gasteiger partial charge in [-0.3, -0.25) is 4.98 Å². The van der Waals surface area contributed by atoms with Gasteiger partial charge in [-0.15, -0.1) is 0 Å². The Morgan fingerprint density at radius 3 is 2.35 bits per heavy atom. The molecule has 0 aromatic carbocycles. The molecule has 5 N–H and O–H groups in total. The van der Waals surface area contributed by atoms with Gasteiger partial charge in [-0.05, 0) is 12.8 Å². The SMILES string of the molecule is NC1=CC(N)=NC(c2cncc(C(F)(F)F)n2)(C2CCC(F)(F)CC2)N1. The lowest BCUT2D eigenvalue weighted by Crippen LogP contribution is -2.53. The Hall–Kier alpha value is -2.46. The Morgan fingerprint density at radius 2 is 1.77 bits per heavy atom. The number of aliphatic imine (C=N–C) groups is 1. The van der Waals surface area contributed by atoms with Crippen molar-refractivity contribution in [2.24, 2.45) is 22.4 Å². The van der Waals surface area contributed by atoms with Crippen molar-refractivity contribution in [3.8, 4) is 0 Å². The molecular weight excluding hydrogens is 359 g/mol. The van der Waals surface area contributed by atoms with Crippen molar-refractivity contribution in [3.05, 3.63) is 35.7 Å². The first kappa shape index (κ1) is 18.3. The van der Waals surface area contributed by atoms with Gasteiger partial charge in [0.25, 0.3) is 0 Å². The van der Waals surface area contributed by atoms with Gasteiger partial charge in [0, 0.05) is 24.8 Å². The maximum absolute atomic E-state index is 13.6. The Balaban J connectivity index is 2.07. The maximum Gasteiger partial charge on any atom is 0.434 e. The molecule has 1 atom stereocenters. The molecule has 11 heteroatoms. The number of nitrogens with zero attached hydrogens (tertiary/aromatic N) is 3. The van der Waals surface area contributed by atoms with Crippen molar-refractivity contribution < 1.29 is 22.0 Å². The lowest BCUT2D eigenvalue weighted by Gasteiger charge is -2.43. The summed E-state index contributed by atoms with van der Waals surface area (Å²) in [6.07, 6.45) is -2.50. The number of nitrogens with one attached hydrogen (secondary N) is 1. The third-order valence-electron chi connectivity index (χ3n) is 4.57. The van der Waals surface area contributed by atoms with Crippen LogP contribution in [0.1, 0.15) is 37.1 Å². The fourth-order valence-electron chi connectivity index (χ4n) is 3.35. The van der Waals surface area contributed by atoms with Crippen LogP contribution in [0.2, 0.25) is 0 Å². The van der Waals surface area contributed by atoms with Gasteiger partial charge in [0.1, 0.15) is 17.4 Å². The third kappa shape index (κ3) is 3.42. The van der Waals surface area contributed by atoms with Gasteiger partial charge in [0.15, 0.2) is 11.4 Å². The summed E-state index contributed by atoms with van der Waals surface area (Å²) in [7, 11) is 0. The Morgan fingerprint density at radius 1 is 1.12 bits per heavy atom. The molecule has 6 nitrogen and oxygen atoms in total. The summed E-state index contributed by atoms with van der Waals surface area (Å²) in [5.74, 6) is -3.36. The molecule has 0 radical (unpaired) electrons. The van der Waals surface area contributed by atoms with Crippen LogP contribution in [0.3, 0.4) is 0 Å². The molecule has 0 amide bonds.